The van der Waals surface area contributed by atoms with Crippen molar-refractivity contribution in [2.45, 2.75) is 0 Å². The molecule has 0 aliphatic carbocycles. The number of benzene rings is 1. The number of methoxy groups -OCH3 is 1. The molecule has 0 unspecified atom stereocenters. The predicted octanol–water partition coefficient (Wildman–Crippen LogP) is 2.35. The Balaban J connectivity index is 2.52. The SMILES string of the molecule is CO/N=C(/C(=O)O)c1cc2ccc(OC)cc2s1. The van der Waals surface area contributed by atoms with Crippen LogP contribution in [-0.2, 0) is 9.63 Å². The van der Waals surface area contributed by atoms with Crippen LogP contribution in [0, 0.1) is 0 Å². The minimum absolute atomic E-state index is 0.0994. The third-order valence-corrected chi connectivity index (χ3v) is 3.45. The molecule has 2 rings (SSSR count). The Bertz CT molecular complexity index is 618. The molecule has 18 heavy (non-hydrogen) atoms. The number of carboxylic acid groups (broad SMARTS) is 1. The van der Waals surface area contributed by atoms with E-state index in [1.807, 2.05) is 18.2 Å². The van der Waals surface area contributed by atoms with Gasteiger partial charge in [-0.2, -0.15) is 0 Å². The summed E-state index contributed by atoms with van der Waals surface area (Å²) < 4.78 is 6.06. The lowest BCUT2D eigenvalue weighted by atomic mass is 10.2. The van der Waals surface area contributed by atoms with Gasteiger partial charge < -0.3 is 14.7 Å². The summed E-state index contributed by atoms with van der Waals surface area (Å²) in [6.45, 7) is 0. The predicted molar refractivity (Wildman–Crippen MR) is 69.6 cm³/mol. The molecule has 0 amide bonds. The fourth-order valence-corrected chi connectivity index (χ4v) is 2.60. The fraction of sp³-hybridized carbons (Fsp3) is 0.167. The van der Waals surface area contributed by atoms with Crippen molar-refractivity contribution in [3.8, 4) is 5.75 Å². The average Bonchev–Trinajstić information content (AvgIpc) is 2.77. The van der Waals surface area contributed by atoms with Gasteiger partial charge in [-0.25, -0.2) is 4.79 Å². The van der Waals surface area contributed by atoms with Crippen molar-refractivity contribution in [3.05, 3.63) is 29.1 Å². The summed E-state index contributed by atoms with van der Waals surface area (Å²) in [5, 5.41) is 13.5. The van der Waals surface area contributed by atoms with E-state index in [0.717, 1.165) is 15.8 Å². The Kier molecular flexibility index (Phi) is 3.47. The summed E-state index contributed by atoms with van der Waals surface area (Å²) in [6.07, 6.45) is 0. The van der Waals surface area contributed by atoms with E-state index in [9.17, 15) is 4.79 Å². The Morgan fingerprint density at radius 3 is 2.72 bits per heavy atom. The van der Waals surface area contributed by atoms with Crippen LogP contribution in [0.1, 0.15) is 4.88 Å². The van der Waals surface area contributed by atoms with Crippen molar-refractivity contribution in [1.82, 2.24) is 0 Å². The van der Waals surface area contributed by atoms with Gasteiger partial charge in [-0.1, -0.05) is 5.16 Å². The summed E-state index contributed by atoms with van der Waals surface area (Å²) in [5.41, 5.74) is -0.0994. The van der Waals surface area contributed by atoms with Crippen LogP contribution in [0.25, 0.3) is 10.1 Å². The molecule has 1 aromatic heterocycles. The van der Waals surface area contributed by atoms with Crippen molar-refractivity contribution in [2.75, 3.05) is 14.2 Å². The molecule has 0 saturated carbocycles. The van der Waals surface area contributed by atoms with E-state index in [4.69, 9.17) is 9.84 Å². The number of nitrogens with zero attached hydrogens (tertiary/aromatic N) is 1. The van der Waals surface area contributed by atoms with Crippen LogP contribution >= 0.6 is 11.3 Å². The maximum atomic E-state index is 11.1. The molecule has 0 aliphatic heterocycles. The number of hydrogen-bond acceptors (Lipinski definition) is 5. The second-order valence-electron chi connectivity index (χ2n) is 3.44. The molecule has 94 valence electrons. The van der Waals surface area contributed by atoms with Gasteiger partial charge >= 0.3 is 5.97 Å². The number of thiophene rings is 1. The highest BCUT2D eigenvalue weighted by atomic mass is 32.1. The van der Waals surface area contributed by atoms with Crippen LogP contribution in [0.2, 0.25) is 0 Å². The largest absolute Gasteiger partial charge is 0.497 e. The van der Waals surface area contributed by atoms with E-state index in [1.54, 1.807) is 13.2 Å². The van der Waals surface area contributed by atoms with Crippen molar-refractivity contribution < 1.29 is 19.5 Å². The molecular weight excluding hydrogens is 254 g/mol. The lowest BCUT2D eigenvalue weighted by Crippen LogP contribution is -2.13. The standard InChI is InChI=1S/C12H11NO4S/c1-16-8-4-3-7-5-10(18-9(7)6-8)11(12(14)15)13-17-2/h3-6H,1-2H3,(H,14,15)/b13-11+. The number of aliphatic carboxylic acids is 1. The second kappa shape index (κ2) is 5.05. The van der Waals surface area contributed by atoms with Crippen molar-refractivity contribution in [3.63, 3.8) is 0 Å². The highest BCUT2D eigenvalue weighted by Gasteiger charge is 2.16. The third-order valence-electron chi connectivity index (χ3n) is 2.35. The van der Waals surface area contributed by atoms with Crippen LogP contribution in [0.5, 0.6) is 5.75 Å². The van der Waals surface area contributed by atoms with Crippen LogP contribution < -0.4 is 4.74 Å². The zero-order valence-electron chi connectivity index (χ0n) is 9.84. The number of fused-ring (bicyclic) bond motifs is 1. The molecular formula is C12H11NO4S. The number of ether oxygens (including phenoxy) is 1. The molecule has 0 atom stereocenters. The number of carboxylic acids is 1. The maximum Gasteiger partial charge on any atom is 0.359 e. The fourth-order valence-electron chi connectivity index (χ4n) is 1.54. The van der Waals surface area contributed by atoms with Crippen molar-refractivity contribution >= 4 is 33.1 Å². The lowest BCUT2D eigenvalue weighted by molar-refractivity contribution is -0.129. The topological polar surface area (TPSA) is 68.1 Å². The first-order valence-corrected chi connectivity index (χ1v) is 5.89. The molecule has 1 N–H and O–H groups in total. The van der Waals surface area contributed by atoms with Gasteiger partial charge in [0.2, 0.25) is 5.71 Å². The van der Waals surface area contributed by atoms with Gasteiger partial charge in [-0.15, -0.1) is 11.3 Å². The Hall–Kier alpha value is -2.08. The van der Waals surface area contributed by atoms with E-state index >= 15 is 0 Å². The van der Waals surface area contributed by atoms with Gasteiger partial charge in [0.1, 0.15) is 12.9 Å². The number of rotatable bonds is 4. The van der Waals surface area contributed by atoms with Gasteiger partial charge in [-0.05, 0) is 29.7 Å². The zero-order chi connectivity index (χ0) is 13.1. The Morgan fingerprint density at radius 1 is 1.33 bits per heavy atom. The average molecular weight is 265 g/mol. The second-order valence-corrected chi connectivity index (χ2v) is 4.53. The Morgan fingerprint density at radius 2 is 2.11 bits per heavy atom. The van der Waals surface area contributed by atoms with E-state index in [-0.39, 0.29) is 5.71 Å². The third kappa shape index (κ3) is 2.28. The van der Waals surface area contributed by atoms with Gasteiger partial charge in [0.05, 0.1) is 12.0 Å². The van der Waals surface area contributed by atoms with Gasteiger partial charge in [0, 0.05) is 4.70 Å². The van der Waals surface area contributed by atoms with E-state index in [1.165, 1.54) is 18.4 Å². The molecule has 0 aliphatic rings. The lowest BCUT2D eigenvalue weighted by Gasteiger charge is -1.97. The van der Waals surface area contributed by atoms with Gasteiger partial charge in [0.15, 0.2) is 0 Å². The van der Waals surface area contributed by atoms with Crippen LogP contribution in [0.15, 0.2) is 29.4 Å². The maximum absolute atomic E-state index is 11.1. The normalized spacial score (nSPS) is 11.6. The van der Waals surface area contributed by atoms with E-state index in [0.29, 0.717) is 4.88 Å². The summed E-state index contributed by atoms with van der Waals surface area (Å²) in [6, 6.07) is 7.33. The van der Waals surface area contributed by atoms with Gasteiger partial charge in [0.25, 0.3) is 0 Å². The minimum atomic E-state index is -1.12. The van der Waals surface area contributed by atoms with Gasteiger partial charge in [-0.3, -0.25) is 0 Å². The number of oxime groups is 1. The molecule has 0 spiro atoms. The molecule has 0 fully saturated rings. The number of hydrogen-bond donors (Lipinski definition) is 1. The molecule has 1 heterocycles. The molecule has 0 saturated heterocycles. The zero-order valence-corrected chi connectivity index (χ0v) is 10.7. The summed E-state index contributed by atoms with van der Waals surface area (Å²) in [7, 11) is 2.91. The van der Waals surface area contributed by atoms with Crippen molar-refractivity contribution in [1.29, 1.82) is 0 Å². The number of carbonyl (C=O) groups is 1. The minimum Gasteiger partial charge on any atom is -0.497 e. The molecule has 2 aromatic rings. The van der Waals surface area contributed by atoms with Crippen LogP contribution in [0.4, 0.5) is 0 Å². The molecule has 0 radical (unpaired) electrons. The quantitative estimate of drug-likeness (QED) is 0.680. The highest BCUT2D eigenvalue weighted by Crippen LogP contribution is 2.29. The molecule has 6 heteroatoms. The van der Waals surface area contributed by atoms with E-state index < -0.39 is 5.97 Å². The summed E-state index contributed by atoms with van der Waals surface area (Å²) in [5.74, 6) is -0.383. The van der Waals surface area contributed by atoms with Crippen molar-refractivity contribution in [2.24, 2.45) is 5.16 Å². The first-order valence-electron chi connectivity index (χ1n) is 5.08. The first kappa shape index (κ1) is 12.4. The van der Waals surface area contributed by atoms with E-state index in [2.05, 4.69) is 9.99 Å². The first-order chi connectivity index (χ1) is 8.65. The summed E-state index contributed by atoms with van der Waals surface area (Å²) in [4.78, 5) is 16.2. The molecule has 1 aromatic carbocycles. The van der Waals surface area contributed by atoms with Crippen LogP contribution in [0.3, 0.4) is 0 Å². The summed E-state index contributed by atoms with van der Waals surface area (Å²) >= 11 is 1.33. The Labute approximate surface area is 107 Å². The van der Waals surface area contributed by atoms with Crippen LogP contribution in [-0.4, -0.2) is 31.0 Å². The molecule has 0 bridgehead atoms. The smallest absolute Gasteiger partial charge is 0.359 e. The highest BCUT2D eigenvalue weighted by molar-refractivity contribution is 7.21. The molecule has 5 nitrogen and oxygen atoms in total. The monoisotopic (exact) mass is 265 g/mol.